The Hall–Kier alpha value is -3.43. The van der Waals surface area contributed by atoms with E-state index in [1.807, 2.05) is 18.2 Å². The Kier molecular flexibility index (Phi) is 6.70. The summed E-state index contributed by atoms with van der Waals surface area (Å²) >= 11 is 0. The fraction of sp³-hybridized carbons (Fsp3) is 0.333. The van der Waals surface area contributed by atoms with Gasteiger partial charge in [-0.15, -0.1) is 0 Å². The molecular formula is C24H27N7O3S. The maximum Gasteiger partial charge on any atom is 0.243 e. The topological polar surface area (TPSA) is 126 Å². The molecule has 3 N–H and O–H groups in total. The Morgan fingerprint density at radius 3 is 2.49 bits per heavy atom. The van der Waals surface area contributed by atoms with E-state index >= 15 is 0 Å². The summed E-state index contributed by atoms with van der Waals surface area (Å²) in [5.41, 5.74) is 3.07. The Balaban J connectivity index is 1.33. The maximum absolute atomic E-state index is 12.8. The van der Waals surface area contributed by atoms with Gasteiger partial charge in [0.2, 0.25) is 10.0 Å². The van der Waals surface area contributed by atoms with Crippen molar-refractivity contribution < 1.29 is 13.2 Å². The first-order valence-electron chi connectivity index (χ1n) is 11.5. The monoisotopic (exact) mass is 493 g/mol. The summed E-state index contributed by atoms with van der Waals surface area (Å²) in [6.45, 7) is 5.00. The summed E-state index contributed by atoms with van der Waals surface area (Å²) in [6.07, 6.45) is 1.70. The number of piperazine rings is 1. The minimum atomic E-state index is -3.54. The lowest BCUT2D eigenvalue weighted by atomic mass is 10.2. The second-order valence-corrected chi connectivity index (χ2v) is 10.3. The van der Waals surface area contributed by atoms with Crippen molar-refractivity contribution in [3.05, 3.63) is 54.2 Å². The molecule has 1 aromatic carbocycles. The van der Waals surface area contributed by atoms with Crippen LogP contribution in [0.15, 0.2) is 53.6 Å². The zero-order valence-corrected chi connectivity index (χ0v) is 20.0. The molecule has 3 aromatic rings. The number of hydrogen-bond donors (Lipinski definition) is 3. The number of H-pyrrole nitrogens is 1. The maximum atomic E-state index is 12.8. The Bertz CT molecular complexity index is 1320. The van der Waals surface area contributed by atoms with Gasteiger partial charge in [0.1, 0.15) is 17.7 Å². The summed E-state index contributed by atoms with van der Waals surface area (Å²) in [5, 5.41) is 16.2. The van der Waals surface area contributed by atoms with Gasteiger partial charge in [-0.05, 0) is 42.5 Å². The largest absolute Gasteiger partial charge is 0.379 e. The van der Waals surface area contributed by atoms with Crippen molar-refractivity contribution in [2.75, 3.05) is 62.7 Å². The number of nitrogens with zero attached hydrogens (tertiary/aromatic N) is 4. The quantitative estimate of drug-likeness (QED) is 0.477. The molecule has 0 aliphatic carbocycles. The van der Waals surface area contributed by atoms with Crippen LogP contribution in [0, 0.1) is 11.3 Å². The molecule has 2 fully saturated rings. The van der Waals surface area contributed by atoms with Crippen LogP contribution in [-0.2, 0) is 14.8 Å². The number of aromatic nitrogens is 2. The Labute approximate surface area is 204 Å². The number of benzene rings is 1. The van der Waals surface area contributed by atoms with Crippen LogP contribution in [0.2, 0.25) is 0 Å². The molecule has 2 saturated heterocycles. The van der Waals surface area contributed by atoms with Crippen LogP contribution in [-0.4, -0.2) is 75.2 Å². The molecule has 182 valence electrons. The second kappa shape index (κ2) is 10.1. The third-order valence-electron chi connectivity index (χ3n) is 6.16. The molecule has 0 amide bonds. The average molecular weight is 494 g/mol. The molecule has 2 aliphatic rings. The molecule has 2 aromatic heterocycles. The number of ether oxygens (including phenoxy) is 1. The summed E-state index contributed by atoms with van der Waals surface area (Å²) < 4.78 is 32.4. The number of anilines is 3. The molecular weight excluding hydrogens is 466 g/mol. The molecule has 4 heterocycles. The molecule has 0 radical (unpaired) electrons. The SMILES string of the molecule is N#Cc1cc(-c2ccnc(Nc3ccc(S(=O)(=O)N4CCOCC4)cc3)c2)[nH]c1N1CCNCC1. The van der Waals surface area contributed by atoms with Crippen molar-refractivity contribution in [3.8, 4) is 17.3 Å². The smallest absolute Gasteiger partial charge is 0.243 e. The molecule has 0 atom stereocenters. The van der Waals surface area contributed by atoms with Gasteiger partial charge in [-0.2, -0.15) is 9.57 Å². The summed E-state index contributed by atoms with van der Waals surface area (Å²) in [7, 11) is -3.54. The van der Waals surface area contributed by atoms with Crippen LogP contribution >= 0.6 is 0 Å². The van der Waals surface area contributed by atoms with Gasteiger partial charge in [-0.25, -0.2) is 13.4 Å². The fourth-order valence-corrected chi connectivity index (χ4v) is 5.69. The van der Waals surface area contributed by atoms with Crippen molar-refractivity contribution in [1.82, 2.24) is 19.6 Å². The van der Waals surface area contributed by atoms with Gasteiger partial charge in [0, 0.05) is 62.4 Å². The summed E-state index contributed by atoms with van der Waals surface area (Å²) in [4.78, 5) is 10.2. The number of hydrogen-bond acceptors (Lipinski definition) is 8. The van der Waals surface area contributed by atoms with Gasteiger partial charge in [-0.3, -0.25) is 0 Å². The Morgan fingerprint density at radius 1 is 1.03 bits per heavy atom. The number of nitrogens with one attached hydrogen (secondary N) is 3. The minimum absolute atomic E-state index is 0.252. The van der Waals surface area contributed by atoms with Crippen LogP contribution in [0.3, 0.4) is 0 Å². The second-order valence-electron chi connectivity index (χ2n) is 8.39. The first-order valence-corrected chi connectivity index (χ1v) is 13.0. The summed E-state index contributed by atoms with van der Waals surface area (Å²) in [5.74, 6) is 1.45. The van der Waals surface area contributed by atoms with E-state index in [1.54, 1.807) is 30.5 Å². The molecule has 0 spiro atoms. The van der Waals surface area contributed by atoms with Gasteiger partial charge in [-0.1, -0.05) is 0 Å². The first kappa shape index (κ1) is 23.3. The van der Waals surface area contributed by atoms with E-state index in [1.165, 1.54) is 4.31 Å². The molecule has 35 heavy (non-hydrogen) atoms. The lowest BCUT2D eigenvalue weighted by Gasteiger charge is -2.28. The third kappa shape index (κ3) is 5.01. The van der Waals surface area contributed by atoms with Gasteiger partial charge in [0.15, 0.2) is 0 Å². The van der Waals surface area contributed by atoms with E-state index < -0.39 is 10.0 Å². The molecule has 0 bridgehead atoms. The fourth-order valence-electron chi connectivity index (χ4n) is 4.28. The highest BCUT2D eigenvalue weighted by atomic mass is 32.2. The van der Waals surface area contributed by atoms with Crippen molar-refractivity contribution in [2.45, 2.75) is 4.90 Å². The number of rotatable bonds is 6. The molecule has 11 heteroatoms. The summed E-state index contributed by atoms with van der Waals surface area (Å²) in [6, 6.07) is 14.6. The van der Waals surface area contributed by atoms with E-state index in [0.717, 1.165) is 48.9 Å². The predicted molar refractivity (Wildman–Crippen MR) is 133 cm³/mol. The zero-order chi connectivity index (χ0) is 24.3. The van der Waals surface area contributed by atoms with Gasteiger partial charge < -0.3 is 25.3 Å². The zero-order valence-electron chi connectivity index (χ0n) is 19.2. The number of morpholine rings is 1. The first-order chi connectivity index (χ1) is 17.0. The molecule has 0 saturated carbocycles. The van der Waals surface area contributed by atoms with Gasteiger partial charge in [0.25, 0.3) is 0 Å². The van der Waals surface area contributed by atoms with Crippen LogP contribution in [0.4, 0.5) is 17.3 Å². The third-order valence-corrected chi connectivity index (χ3v) is 8.07. The molecule has 0 unspecified atom stereocenters. The van der Waals surface area contributed by atoms with Crippen molar-refractivity contribution in [1.29, 1.82) is 5.26 Å². The van der Waals surface area contributed by atoms with E-state index in [9.17, 15) is 13.7 Å². The van der Waals surface area contributed by atoms with Gasteiger partial charge in [0.05, 0.1) is 23.7 Å². The number of nitriles is 1. The lowest BCUT2D eigenvalue weighted by Crippen LogP contribution is -2.44. The van der Waals surface area contributed by atoms with Crippen molar-refractivity contribution >= 4 is 27.3 Å². The van der Waals surface area contributed by atoms with Crippen molar-refractivity contribution in [2.24, 2.45) is 0 Å². The minimum Gasteiger partial charge on any atom is -0.379 e. The van der Waals surface area contributed by atoms with E-state index in [-0.39, 0.29) is 4.90 Å². The van der Waals surface area contributed by atoms with Crippen LogP contribution in [0.1, 0.15) is 5.56 Å². The standard InChI is InChI=1S/C24H27N7O3S/c25-17-19-15-22(29-24(19)30-9-7-26-8-10-30)18-5-6-27-23(16-18)28-20-1-3-21(4-2-20)35(32,33)31-11-13-34-14-12-31/h1-6,15-16,26,29H,7-14H2,(H,27,28). The van der Waals surface area contributed by atoms with Crippen LogP contribution in [0.5, 0.6) is 0 Å². The number of pyridine rings is 1. The van der Waals surface area contributed by atoms with Gasteiger partial charge >= 0.3 is 0 Å². The average Bonchev–Trinajstić information content (AvgIpc) is 3.35. The van der Waals surface area contributed by atoms with E-state index in [0.29, 0.717) is 37.7 Å². The molecule has 5 rings (SSSR count). The highest BCUT2D eigenvalue weighted by Gasteiger charge is 2.26. The highest BCUT2D eigenvalue weighted by Crippen LogP contribution is 2.29. The molecule has 2 aliphatic heterocycles. The highest BCUT2D eigenvalue weighted by molar-refractivity contribution is 7.89. The van der Waals surface area contributed by atoms with E-state index in [2.05, 4.69) is 31.6 Å². The normalized spacial score (nSPS) is 17.2. The van der Waals surface area contributed by atoms with Crippen LogP contribution in [0.25, 0.3) is 11.3 Å². The predicted octanol–water partition coefficient (Wildman–Crippen LogP) is 2.12. The molecule has 10 nitrogen and oxygen atoms in total. The number of sulfonamides is 1. The Morgan fingerprint density at radius 2 is 1.77 bits per heavy atom. The van der Waals surface area contributed by atoms with Crippen LogP contribution < -0.4 is 15.5 Å². The van der Waals surface area contributed by atoms with Crippen molar-refractivity contribution in [3.63, 3.8) is 0 Å². The lowest BCUT2D eigenvalue weighted by molar-refractivity contribution is 0.0730. The number of aromatic amines is 1. The van der Waals surface area contributed by atoms with E-state index in [4.69, 9.17) is 4.74 Å².